The molecule has 1 aromatic heterocycles. The Labute approximate surface area is 75.2 Å². The van der Waals surface area contributed by atoms with Crippen molar-refractivity contribution < 1.29 is 4.74 Å². The fourth-order valence-corrected chi connectivity index (χ4v) is 0.874. The van der Waals surface area contributed by atoms with Crippen LogP contribution in [-0.4, -0.2) is 29.1 Å². The molecule has 0 amide bonds. The minimum Gasteiger partial charge on any atom is -0.377 e. The molecule has 1 aromatic rings. The maximum absolute atomic E-state index is 5.61. The first-order valence-electron chi connectivity index (χ1n) is 3.33. The summed E-state index contributed by atoms with van der Waals surface area (Å²) in [4.78, 5) is 11.7. The molecule has 0 aliphatic rings. The van der Waals surface area contributed by atoms with Crippen LogP contribution >= 0.6 is 11.6 Å². The Morgan fingerprint density at radius 2 is 2.17 bits per heavy atom. The molecule has 0 unspecified atom stereocenters. The Morgan fingerprint density at radius 1 is 1.42 bits per heavy atom. The van der Waals surface area contributed by atoms with E-state index < -0.39 is 0 Å². The van der Waals surface area contributed by atoms with Crippen LogP contribution in [0.1, 0.15) is 5.82 Å². The van der Waals surface area contributed by atoms with Crippen molar-refractivity contribution in [3.05, 3.63) is 11.1 Å². The third-order valence-corrected chi connectivity index (χ3v) is 1.32. The van der Waals surface area contributed by atoms with Gasteiger partial charge in [0.2, 0.25) is 11.2 Å². The van der Waals surface area contributed by atoms with Crippen molar-refractivity contribution in [3.8, 4) is 0 Å². The van der Waals surface area contributed by atoms with Gasteiger partial charge in [0.1, 0.15) is 6.61 Å². The van der Waals surface area contributed by atoms with Crippen molar-refractivity contribution in [2.24, 2.45) is 0 Å². The molecule has 0 spiro atoms. The van der Waals surface area contributed by atoms with E-state index in [0.717, 1.165) is 0 Å². The lowest BCUT2D eigenvalue weighted by atomic mass is 10.6. The summed E-state index contributed by atoms with van der Waals surface area (Å²) in [6.45, 7) is 0.330. The standard InChI is InChI=1S/C6H9ClN4O/c1-8-6-10-4(3-12-2)9-5(7)11-6/h3H2,1-2H3,(H,8,9,10,11). The molecule has 0 aliphatic heterocycles. The number of rotatable bonds is 3. The van der Waals surface area contributed by atoms with Crippen molar-refractivity contribution in [3.63, 3.8) is 0 Å². The number of halogens is 1. The minimum atomic E-state index is 0.168. The molecule has 5 nitrogen and oxygen atoms in total. The van der Waals surface area contributed by atoms with Gasteiger partial charge in [-0.15, -0.1) is 0 Å². The highest BCUT2D eigenvalue weighted by molar-refractivity contribution is 6.28. The summed E-state index contributed by atoms with van der Waals surface area (Å²) in [6, 6.07) is 0. The number of nitrogens with zero attached hydrogens (tertiary/aromatic N) is 3. The molecule has 6 heteroatoms. The second kappa shape index (κ2) is 4.18. The molecule has 1 heterocycles. The molecule has 0 saturated heterocycles. The quantitative estimate of drug-likeness (QED) is 0.757. The highest BCUT2D eigenvalue weighted by Gasteiger charge is 2.01. The average Bonchev–Trinajstić information content (AvgIpc) is 2.04. The van der Waals surface area contributed by atoms with Crippen LogP contribution in [0.2, 0.25) is 5.28 Å². The lowest BCUT2D eigenvalue weighted by Gasteiger charge is -2.01. The summed E-state index contributed by atoms with van der Waals surface area (Å²) in [5, 5.41) is 2.93. The first kappa shape index (κ1) is 9.15. The van der Waals surface area contributed by atoms with E-state index in [1.54, 1.807) is 14.2 Å². The number of nitrogens with one attached hydrogen (secondary N) is 1. The molecule has 0 fully saturated rings. The summed E-state index contributed by atoms with van der Waals surface area (Å²) in [5.74, 6) is 0.962. The van der Waals surface area contributed by atoms with Crippen LogP contribution in [0, 0.1) is 0 Å². The monoisotopic (exact) mass is 188 g/mol. The third kappa shape index (κ3) is 2.28. The van der Waals surface area contributed by atoms with Gasteiger partial charge in [-0.05, 0) is 11.6 Å². The number of anilines is 1. The molecule has 1 rings (SSSR count). The fourth-order valence-electron chi connectivity index (χ4n) is 0.697. The van der Waals surface area contributed by atoms with E-state index in [1.807, 2.05) is 0 Å². The van der Waals surface area contributed by atoms with Crippen LogP contribution in [0.5, 0.6) is 0 Å². The van der Waals surface area contributed by atoms with Gasteiger partial charge < -0.3 is 10.1 Å². The summed E-state index contributed by atoms with van der Waals surface area (Å²) in [7, 11) is 3.28. The number of ether oxygens (including phenoxy) is 1. The predicted molar refractivity (Wildman–Crippen MR) is 45.1 cm³/mol. The molecule has 0 aromatic carbocycles. The van der Waals surface area contributed by atoms with Crippen LogP contribution in [0.3, 0.4) is 0 Å². The van der Waals surface area contributed by atoms with Gasteiger partial charge in [0, 0.05) is 14.2 Å². The van der Waals surface area contributed by atoms with Crippen LogP contribution in [-0.2, 0) is 11.3 Å². The van der Waals surface area contributed by atoms with E-state index in [0.29, 0.717) is 18.4 Å². The number of methoxy groups -OCH3 is 1. The molecule has 12 heavy (non-hydrogen) atoms. The molecule has 0 saturated carbocycles. The zero-order valence-electron chi connectivity index (χ0n) is 6.83. The van der Waals surface area contributed by atoms with Crippen molar-refractivity contribution >= 4 is 17.5 Å². The van der Waals surface area contributed by atoms with E-state index in [2.05, 4.69) is 20.3 Å². The van der Waals surface area contributed by atoms with Gasteiger partial charge in [-0.25, -0.2) is 4.98 Å². The zero-order chi connectivity index (χ0) is 8.97. The Bertz CT molecular complexity index is 268. The van der Waals surface area contributed by atoms with Gasteiger partial charge in [-0.3, -0.25) is 0 Å². The number of hydrogen-bond donors (Lipinski definition) is 1. The topological polar surface area (TPSA) is 59.9 Å². The Hall–Kier alpha value is -0.940. The van der Waals surface area contributed by atoms with Crippen molar-refractivity contribution in [2.75, 3.05) is 19.5 Å². The van der Waals surface area contributed by atoms with Gasteiger partial charge >= 0.3 is 0 Å². The lowest BCUT2D eigenvalue weighted by Crippen LogP contribution is -2.04. The smallest absolute Gasteiger partial charge is 0.227 e. The summed E-state index contributed by atoms with van der Waals surface area (Å²) in [5.41, 5.74) is 0. The first-order valence-corrected chi connectivity index (χ1v) is 3.71. The van der Waals surface area contributed by atoms with Crippen molar-refractivity contribution in [1.82, 2.24) is 15.0 Å². The van der Waals surface area contributed by atoms with E-state index in [1.165, 1.54) is 0 Å². The Kier molecular flexibility index (Phi) is 3.19. The highest BCUT2D eigenvalue weighted by Crippen LogP contribution is 2.05. The molecule has 0 atom stereocenters. The van der Waals surface area contributed by atoms with Crippen LogP contribution < -0.4 is 5.32 Å². The lowest BCUT2D eigenvalue weighted by molar-refractivity contribution is 0.177. The predicted octanol–water partition coefficient (Wildman–Crippen LogP) is 0.713. The normalized spacial score (nSPS) is 9.92. The summed E-state index contributed by atoms with van der Waals surface area (Å²) < 4.78 is 4.84. The van der Waals surface area contributed by atoms with E-state index >= 15 is 0 Å². The number of hydrogen-bond acceptors (Lipinski definition) is 5. The van der Waals surface area contributed by atoms with Gasteiger partial charge in [-0.2, -0.15) is 9.97 Å². The second-order valence-electron chi connectivity index (χ2n) is 2.03. The zero-order valence-corrected chi connectivity index (χ0v) is 7.59. The maximum atomic E-state index is 5.61. The van der Waals surface area contributed by atoms with Gasteiger partial charge in [0.15, 0.2) is 5.82 Å². The molecule has 0 aliphatic carbocycles. The molecule has 0 bridgehead atoms. The minimum absolute atomic E-state index is 0.168. The van der Waals surface area contributed by atoms with Crippen LogP contribution in [0.4, 0.5) is 5.95 Å². The maximum Gasteiger partial charge on any atom is 0.227 e. The molecule has 1 N–H and O–H groups in total. The molecular weight excluding hydrogens is 180 g/mol. The van der Waals surface area contributed by atoms with E-state index in [9.17, 15) is 0 Å². The average molecular weight is 189 g/mol. The fraction of sp³-hybridized carbons (Fsp3) is 0.500. The van der Waals surface area contributed by atoms with Crippen LogP contribution in [0.15, 0.2) is 0 Å². The van der Waals surface area contributed by atoms with Gasteiger partial charge in [0.25, 0.3) is 0 Å². The van der Waals surface area contributed by atoms with Crippen molar-refractivity contribution in [2.45, 2.75) is 6.61 Å². The van der Waals surface area contributed by atoms with Gasteiger partial charge in [-0.1, -0.05) is 0 Å². The van der Waals surface area contributed by atoms with Gasteiger partial charge in [0.05, 0.1) is 0 Å². The molecule has 0 radical (unpaired) electrons. The third-order valence-electron chi connectivity index (χ3n) is 1.15. The number of aromatic nitrogens is 3. The Morgan fingerprint density at radius 3 is 2.75 bits per heavy atom. The Balaban J connectivity index is 2.90. The van der Waals surface area contributed by atoms with E-state index in [4.69, 9.17) is 16.3 Å². The highest BCUT2D eigenvalue weighted by atomic mass is 35.5. The second-order valence-corrected chi connectivity index (χ2v) is 2.37. The SMILES string of the molecule is CNc1nc(Cl)nc(COC)n1. The summed E-state index contributed by atoms with van der Waals surface area (Å²) >= 11 is 5.61. The largest absolute Gasteiger partial charge is 0.377 e. The van der Waals surface area contributed by atoms with Crippen LogP contribution in [0.25, 0.3) is 0 Å². The molecule has 66 valence electrons. The van der Waals surface area contributed by atoms with Crippen molar-refractivity contribution in [1.29, 1.82) is 0 Å². The summed E-state index contributed by atoms with van der Waals surface area (Å²) in [6.07, 6.45) is 0. The molecular formula is C6H9ClN4O. The first-order chi connectivity index (χ1) is 5.76. The van der Waals surface area contributed by atoms with E-state index in [-0.39, 0.29) is 5.28 Å².